The number of nitrogens with zero attached hydrogens (tertiary/aromatic N) is 2. The molecule has 0 saturated carbocycles. The van der Waals surface area contributed by atoms with Gasteiger partial charge in [0.1, 0.15) is 23.4 Å². The van der Waals surface area contributed by atoms with E-state index in [1.165, 1.54) is 7.11 Å². The van der Waals surface area contributed by atoms with Crippen molar-refractivity contribution >= 4 is 29.0 Å². The number of carbonyl (C=O) groups excluding carboxylic acids is 3. The summed E-state index contributed by atoms with van der Waals surface area (Å²) >= 11 is 0. The van der Waals surface area contributed by atoms with E-state index in [0.29, 0.717) is 11.4 Å². The molecule has 7 heteroatoms. The Hall–Kier alpha value is -3.48. The number of hydrogen-bond donors (Lipinski definition) is 1. The summed E-state index contributed by atoms with van der Waals surface area (Å²) in [6, 6.07) is 15.1. The van der Waals surface area contributed by atoms with E-state index in [9.17, 15) is 14.4 Å². The van der Waals surface area contributed by atoms with Gasteiger partial charge < -0.3 is 4.74 Å². The average Bonchev–Trinajstić information content (AvgIpc) is 3.23. The lowest BCUT2D eigenvalue weighted by molar-refractivity contribution is -0.122. The van der Waals surface area contributed by atoms with Gasteiger partial charge in [0.2, 0.25) is 5.91 Å². The Kier molecular flexibility index (Phi) is 4.19. The number of hydrazone groups is 1. The van der Waals surface area contributed by atoms with E-state index in [1.54, 1.807) is 24.3 Å². The molecule has 136 valence electrons. The zero-order valence-corrected chi connectivity index (χ0v) is 14.6. The number of benzene rings is 2. The lowest BCUT2D eigenvalue weighted by Crippen LogP contribution is -2.36. The SMILES string of the molecule is COc1cccc(N2C(=O)[C@@H]3C(C(=O)Cc4ccccc4)=NN[C@@H]3C2=O)c1. The number of anilines is 1. The van der Waals surface area contributed by atoms with Crippen LogP contribution in [0, 0.1) is 5.92 Å². The van der Waals surface area contributed by atoms with Crippen LogP contribution in [0.2, 0.25) is 0 Å². The third-order valence-electron chi connectivity index (χ3n) is 4.73. The highest BCUT2D eigenvalue weighted by atomic mass is 16.5. The number of ether oxygens (including phenoxy) is 1. The molecule has 1 fully saturated rings. The number of amides is 2. The topological polar surface area (TPSA) is 88.1 Å². The van der Waals surface area contributed by atoms with Crippen LogP contribution in [-0.2, 0) is 20.8 Å². The zero-order chi connectivity index (χ0) is 19.0. The van der Waals surface area contributed by atoms with Gasteiger partial charge in [0.25, 0.3) is 5.91 Å². The molecule has 0 aromatic heterocycles. The van der Waals surface area contributed by atoms with E-state index in [0.717, 1.165) is 10.5 Å². The van der Waals surface area contributed by atoms with Gasteiger partial charge >= 0.3 is 0 Å². The van der Waals surface area contributed by atoms with Gasteiger partial charge in [-0.2, -0.15) is 5.10 Å². The highest BCUT2D eigenvalue weighted by Gasteiger charge is 2.55. The number of carbonyl (C=O) groups is 3. The first kappa shape index (κ1) is 17.0. The number of methoxy groups -OCH3 is 1. The van der Waals surface area contributed by atoms with E-state index in [2.05, 4.69) is 10.5 Å². The Morgan fingerprint density at radius 2 is 1.89 bits per heavy atom. The molecule has 2 atom stereocenters. The van der Waals surface area contributed by atoms with Crippen LogP contribution in [0.1, 0.15) is 5.56 Å². The molecule has 7 nitrogen and oxygen atoms in total. The minimum absolute atomic E-state index is 0.104. The molecule has 0 unspecified atom stereocenters. The van der Waals surface area contributed by atoms with Crippen LogP contribution in [0.3, 0.4) is 0 Å². The number of fused-ring (bicyclic) bond motifs is 1. The number of imide groups is 1. The maximum Gasteiger partial charge on any atom is 0.259 e. The Bertz CT molecular complexity index is 955. The number of nitrogens with one attached hydrogen (secondary N) is 1. The van der Waals surface area contributed by atoms with Crippen molar-refractivity contribution in [2.45, 2.75) is 12.5 Å². The first-order chi connectivity index (χ1) is 13.1. The highest BCUT2D eigenvalue weighted by molar-refractivity contribution is 6.49. The van der Waals surface area contributed by atoms with Crippen LogP contribution in [0.5, 0.6) is 5.75 Å². The summed E-state index contributed by atoms with van der Waals surface area (Å²) in [6.07, 6.45) is 0.130. The second-order valence-corrected chi connectivity index (χ2v) is 6.38. The van der Waals surface area contributed by atoms with Crippen molar-refractivity contribution in [3.05, 3.63) is 60.2 Å². The van der Waals surface area contributed by atoms with Crippen molar-refractivity contribution in [1.82, 2.24) is 5.43 Å². The minimum Gasteiger partial charge on any atom is -0.497 e. The predicted octanol–water partition coefficient (Wildman–Crippen LogP) is 1.32. The molecule has 2 aromatic carbocycles. The van der Waals surface area contributed by atoms with Gasteiger partial charge in [-0.1, -0.05) is 36.4 Å². The van der Waals surface area contributed by atoms with Crippen molar-refractivity contribution in [3.8, 4) is 5.75 Å². The molecule has 27 heavy (non-hydrogen) atoms. The molecule has 2 heterocycles. The van der Waals surface area contributed by atoms with Crippen LogP contribution < -0.4 is 15.1 Å². The fraction of sp³-hybridized carbons (Fsp3) is 0.200. The molecule has 2 aromatic rings. The molecular weight excluding hydrogens is 346 g/mol. The van der Waals surface area contributed by atoms with E-state index >= 15 is 0 Å². The van der Waals surface area contributed by atoms with Gasteiger partial charge in [-0.15, -0.1) is 0 Å². The van der Waals surface area contributed by atoms with Crippen LogP contribution in [-0.4, -0.2) is 36.5 Å². The summed E-state index contributed by atoms with van der Waals surface area (Å²) in [4.78, 5) is 39.5. The summed E-state index contributed by atoms with van der Waals surface area (Å²) in [5, 5.41) is 4.00. The van der Waals surface area contributed by atoms with Crippen LogP contribution in [0.4, 0.5) is 5.69 Å². The Morgan fingerprint density at radius 3 is 2.63 bits per heavy atom. The quantitative estimate of drug-likeness (QED) is 0.810. The molecule has 0 spiro atoms. The predicted molar refractivity (Wildman–Crippen MR) is 98.5 cm³/mol. The zero-order valence-electron chi connectivity index (χ0n) is 14.6. The Labute approximate surface area is 155 Å². The molecule has 1 saturated heterocycles. The second-order valence-electron chi connectivity index (χ2n) is 6.38. The molecule has 2 aliphatic rings. The van der Waals surface area contributed by atoms with Crippen molar-refractivity contribution in [3.63, 3.8) is 0 Å². The molecule has 2 aliphatic heterocycles. The van der Waals surface area contributed by atoms with Crippen molar-refractivity contribution in [1.29, 1.82) is 0 Å². The number of rotatable bonds is 5. The van der Waals surface area contributed by atoms with Gasteiger partial charge in [-0.05, 0) is 17.7 Å². The molecule has 1 N–H and O–H groups in total. The van der Waals surface area contributed by atoms with Gasteiger partial charge in [0.15, 0.2) is 5.78 Å². The Morgan fingerprint density at radius 1 is 1.11 bits per heavy atom. The maximum absolute atomic E-state index is 13.0. The molecule has 0 aliphatic carbocycles. The Balaban J connectivity index is 1.59. The van der Waals surface area contributed by atoms with E-state index in [-0.39, 0.29) is 17.9 Å². The molecular formula is C20H17N3O4. The van der Waals surface area contributed by atoms with Crippen molar-refractivity contribution in [2.24, 2.45) is 11.0 Å². The third-order valence-corrected chi connectivity index (χ3v) is 4.73. The summed E-state index contributed by atoms with van der Waals surface area (Å²) in [7, 11) is 1.51. The fourth-order valence-corrected chi connectivity index (χ4v) is 3.40. The molecule has 2 amide bonds. The fourth-order valence-electron chi connectivity index (χ4n) is 3.40. The summed E-state index contributed by atoms with van der Waals surface area (Å²) < 4.78 is 5.16. The first-order valence-electron chi connectivity index (χ1n) is 8.52. The molecule has 0 radical (unpaired) electrons. The normalized spacial score (nSPS) is 20.9. The summed E-state index contributed by atoms with van der Waals surface area (Å²) in [6.45, 7) is 0. The summed E-state index contributed by atoms with van der Waals surface area (Å²) in [5.74, 6) is -1.52. The smallest absolute Gasteiger partial charge is 0.259 e. The van der Waals surface area contributed by atoms with Crippen LogP contribution in [0.15, 0.2) is 59.7 Å². The van der Waals surface area contributed by atoms with Gasteiger partial charge in [-0.3, -0.25) is 19.8 Å². The largest absolute Gasteiger partial charge is 0.497 e. The number of ketones is 1. The molecule has 0 bridgehead atoms. The number of Topliss-reactive ketones (excluding diaryl/α,β-unsaturated/α-hetero) is 1. The van der Waals surface area contributed by atoms with E-state index in [1.807, 2.05) is 30.3 Å². The van der Waals surface area contributed by atoms with Crippen molar-refractivity contribution in [2.75, 3.05) is 12.0 Å². The minimum atomic E-state index is -0.903. The van der Waals surface area contributed by atoms with E-state index in [4.69, 9.17) is 4.74 Å². The number of hydrogen-bond acceptors (Lipinski definition) is 6. The standard InChI is InChI=1S/C20H17N3O4/c1-27-14-9-5-8-13(11-14)23-19(25)16-17(21-22-18(16)20(23)26)15(24)10-12-6-3-2-4-7-12/h2-9,11,16,18,22H,10H2,1H3/t16-,18+/m1/s1. The average molecular weight is 363 g/mol. The van der Waals surface area contributed by atoms with Crippen molar-refractivity contribution < 1.29 is 19.1 Å². The second kappa shape index (κ2) is 6.68. The van der Waals surface area contributed by atoms with Crippen LogP contribution in [0.25, 0.3) is 0 Å². The monoisotopic (exact) mass is 363 g/mol. The van der Waals surface area contributed by atoms with E-state index < -0.39 is 23.8 Å². The third kappa shape index (κ3) is 2.87. The van der Waals surface area contributed by atoms with Gasteiger partial charge in [0, 0.05) is 12.5 Å². The van der Waals surface area contributed by atoms with Crippen LogP contribution >= 0.6 is 0 Å². The highest BCUT2D eigenvalue weighted by Crippen LogP contribution is 2.32. The van der Waals surface area contributed by atoms with Gasteiger partial charge in [-0.25, -0.2) is 4.90 Å². The summed E-state index contributed by atoms with van der Waals surface area (Å²) in [5.41, 5.74) is 4.01. The van der Waals surface area contributed by atoms with Gasteiger partial charge in [0.05, 0.1) is 12.8 Å². The first-order valence-corrected chi connectivity index (χ1v) is 8.52. The maximum atomic E-state index is 13.0. The lowest BCUT2D eigenvalue weighted by Gasteiger charge is -2.16. The lowest BCUT2D eigenvalue weighted by atomic mass is 9.93. The molecule has 4 rings (SSSR count).